The van der Waals surface area contributed by atoms with Crippen LogP contribution in [-0.4, -0.2) is 9.97 Å². The van der Waals surface area contributed by atoms with Gasteiger partial charge in [-0.1, -0.05) is 47.2 Å². The SMILES string of the molecule is CCc1c(-c2ccc(Br)cc2)[nH]cnc1=S. The molecule has 0 amide bonds. The molecule has 0 saturated heterocycles. The van der Waals surface area contributed by atoms with Crippen LogP contribution in [0.2, 0.25) is 0 Å². The molecular formula is C12H11BrN2S. The second-order valence-electron chi connectivity index (χ2n) is 3.42. The Bertz CT molecular complexity index is 546. The number of halogens is 1. The van der Waals surface area contributed by atoms with Gasteiger partial charge in [0.15, 0.2) is 0 Å². The third-order valence-electron chi connectivity index (χ3n) is 2.44. The maximum absolute atomic E-state index is 5.22. The molecule has 1 aromatic carbocycles. The molecule has 0 bridgehead atoms. The van der Waals surface area contributed by atoms with E-state index >= 15 is 0 Å². The number of hydrogen-bond acceptors (Lipinski definition) is 2. The van der Waals surface area contributed by atoms with E-state index in [1.54, 1.807) is 6.33 Å². The minimum absolute atomic E-state index is 0.680. The first-order valence-electron chi connectivity index (χ1n) is 5.05. The number of benzene rings is 1. The Morgan fingerprint density at radius 1 is 1.31 bits per heavy atom. The van der Waals surface area contributed by atoms with E-state index in [9.17, 15) is 0 Å². The molecule has 0 atom stereocenters. The summed E-state index contributed by atoms with van der Waals surface area (Å²) < 4.78 is 1.75. The van der Waals surface area contributed by atoms with E-state index in [2.05, 4.69) is 45.0 Å². The van der Waals surface area contributed by atoms with Crippen LogP contribution in [0.1, 0.15) is 12.5 Å². The first-order valence-corrected chi connectivity index (χ1v) is 6.25. The molecular weight excluding hydrogens is 284 g/mol. The highest BCUT2D eigenvalue weighted by molar-refractivity contribution is 9.10. The number of hydrogen-bond donors (Lipinski definition) is 1. The maximum Gasteiger partial charge on any atom is 0.133 e. The summed E-state index contributed by atoms with van der Waals surface area (Å²) in [6, 6.07) is 8.16. The Kier molecular flexibility index (Phi) is 3.51. The van der Waals surface area contributed by atoms with Crippen molar-refractivity contribution in [2.45, 2.75) is 13.3 Å². The summed E-state index contributed by atoms with van der Waals surface area (Å²) in [7, 11) is 0. The molecule has 2 rings (SSSR count). The molecule has 0 aliphatic heterocycles. The molecule has 0 aliphatic carbocycles. The first-order chi connectivity index (χ1) is 7.72. The summed E-state index contributed by atoms with van der Waals surface area (Å²) in [5.74, 6) is 0. The van der Waals surface area contributed by atoms with Gasteiger partial charge in [-0.2, -0.15) is 0 Å². The molecule has 1 aromatic heterocycles. The summed E-state index contributed by atoms with van der Waals surface area (Å²) in [5.41, 5.74) is 3.29. The smallest absolute Gasteiger partial charge is 0.133 e. The summed E-state index contributed by atoms with van der Waals surface area (Å²) in [5, 5.41) is 0. The Morgan fingerprint density at radius 2 is 2.00 bits per heavy atom. The lowest BCUT2D eigenvalue weighted by atomic mass is 10.1. The molecule has 0 aliphatic rings. The largest absolute Gasteiger partial charge is 0.346 e. The molecule has 0 unspecified atom stereocenters. The van der Waals surface area contributed by atoms with Crippen molar-refractivity contribution in [3.63, 3.8) is 0 Å². The van der Waals surface area contributed by atoms with Gasteiger partial charge < -0.3 is 4.98 Å². The summed E-state index contributed by atoms with van der Waals surface area (Å²) >= 11 is 8.65. The van der Waals surface area contributed by atoms with Crippen molar-refractivity contribution in [2.75, 3.05) is 0 Å². The van der Waals surface area contributed by atoms with Crippen LogP contribution >= 0.6 is 28.1 Å². The van der Waals surface area contributed by atoms with Crippen molar-refractivity contribution in [2.24, 2.45) is 0 Å². The van der Waals surface area contributed by atoms with Crippen LogP contribution in [0.25, 0.3) is 11.3 Å². The van der Waals surface area contributed by atoms with E-state index in [0.29, 0.717) is 4.64 Å². The van der Waals surface area contributed by atoms with Gasteiger partial charge in [0.1, 0.15) is 4.64 Å². The van der Waals surface area contributed by atoms with E-state index < -0.39 is 0 Å². The standard InChI is InChI=1S/C12H11BrN2S/c1-2-10-11(14-7-15-12(10)16)8-3-5-9(13)6-4-8/h3-7H,2H2,1H3,(H,14,15,16). The van der Waals surface area contributed by atoms with Gasteiger partial charge in [-0.05, 0) is 24.1 Å². The van der Waals surface area contributed by atoms with Gasteiger partial charge >= 0.3 is 0 Å². The normalized spacial score (nSPS) is 10.4. The van der Waals surface area contributed by atoms with E-state index in [4.69, 9.17) is 12.2 Å². The predicted octanol–water partition coefficient (Wildman–Crippen LogP) is 4.13. The third kappa shape index (κ3) is 2.23. The van der Waals surface area contributed by atoms with E-state index in [-0.39, 0.29) is 0 Å². The lowest BCUT2D eigenvalue weighted by molar-refractivity contribution is 1.04. The quantitative estimate of drug-likeness (QED) is 0.844. The molecule has 0 spiro atoms. The highest BCUT2D eigenvalue weighted by Crippen LogP contribution is 2.23. The second kappa shape index (κ2) is 4.89. The molecule has 1 heterocycles. The van der Waals surface area contributed by atoms with Crippen molar-refractivity contribution in [3.05, 3.63) is 45.3 Å². The summed E-state index contributed by atoms with van der Waals surface area (Å²) in [4.78, 5) is 7.28. The lowest BCUT2D eigenvalue weighted by Gasteiger charge is -2.07. The molecule has 82 valence electrons. The minimum Gasteiger partial charge on any atom is -0.346 e. The Balaban J connectivity index is 2.60. The van der Waals surface area contributed by atoms with Crippen LogP contribution in [0.15, 0.2) is 35.1 Å². The maximum atomic E-state index is 5.22. The zero-order chi connectivity index (χ0) is 11.5. The number of aromatic amines is 1. The molecule has 0 saturated carbocycles. The molecule has 1 N–H and O–H groups in total. The van der Waals surface area contributed by atoms with Gasteiger partial charge in [-0.3, -0.25) is 0 Å². The molecule has 0 radical (unpaired) electrons. The number of aromatic nitrogens is 2. The van der Waals surface area contributed by atoms with E-state index in [1.807, 2.05) is 12.1 Å². The fourth-order valence-electron chi connectivity index (χ4n) is 1.63. The van der Waals surface area contributed by atoms with E-state index in [1.165, 1.54) is 0 Å². The van der Waals surface area contributed by atoms with Gasteiger partial charge in [0.05, 0.1) is 12.0 Å². The topological polar surface area (TPSA) is 28.7 Å². The van der Waals surface area contributed by atoms with Crippen LogP contribution in [0, 0.1) is 4.64 Å². The van der Waals surface area contributed by atoms with Gasteiger partial charge in [-0.25, -0.2) is 4.98 Å². The fraction of sp³-hybridized carbons (Fsp3) is 0.167. The van der Waals surface area contributed by atoms with E-state index in [0.717, 1.165) is 27.7 Å². The number of rotatable bonds is 2. The lowest BCUT2D eigenvalue weighted by Crippen LogP contribution is -1.94. The van der Waals surface area contributed by atoms with Gasteiger partial charge in [-0.15, -0.1) is 0 Å². The fourth-order valence-corrected chi connectivity index (χ4v) is 2.19. The Morgan fingerprint density at radius 3 is 2.62 bits per heavy atom. The zero-order valence-corrected chi connectivity index (χ0v) is 11.2. The number of H-pyrrole nitrogens is 1. The second-order valence-corrected chi connectivity index (χ2v) is 4.72. The minimum atomic E-state index is 0.680. The van der Waals surface area contributed by atoms with Crippen LogP contribution in [0.3, 0.4) is 0 Å². The molecule has 4 heteroatoms. The highest BCUT2D eigenvalue weighted by Gasteiger charge is 2.05. The number of nitrogens with zero attached hydrogens (tertiary/aromatic N) is 1. The van der Waals surface area contributed by atoms with Crippen LogP contribution < -0.4 is 0 Å². The van der Waals surface area contributed by atoms with Crippen molar-refractivity contribution >= 4 is 28.1 Å². The molecule has 2 nitrogen and oxygen atoms in total. The summed E-state index contributed by atoms with van der Waals surface area (Å²) in [6.07, 6.45) is 2.54. The molecule has 0 fully saturated rings. The summed E-state index contributed by atoms with van der Waals surface area (Å²) in [6.45, 7) is 2.09. The molecule has 16 heavy (non-hydrogen) atoms. The van der Waals surface area contributed by atoms with Crippen LogP contribution in [0.4, 0.5) is 0 Å². The monoisotopic (exact) mass is 294 g/mol. The third-order valence-corrected chi connectivity index (χ3v) is 3.32. The Hall–Kier alpha value is -1.00. The average molecular weight is 295 g/mol. The van der Waals surface area contributed by atoms with Crippen molar-refractivity contribution in [1.82, 2.24) is 9.97 Å². The number of nitrogens with one attached hydrogen (secondary N) is 1. The first kappa shape index (κ1) is 11.5. The molecule has 2 aromatic rings. The van der Waals surface area contributed by atoms with Crippen molar-refractivity contribution < 1.29 is 0 Å². The van der Waals surface area contributed by atoms with Gasteiger partial charge in [0, 0.05) is 10.0 Å². The Labute approximate surface area is 108 Å². The van der Waals surface area contributed by atoms with Gasteiger partial charge in [0.2, 0.25) is 0 Å². The van der Waals surface area contributed by atoms with Crippen molar-refractivity contribution in [1.29, 1.82) is 0 Å². The van der Waals surface area contributed by atoms with Crippen molar-refractivity contribution in [3.8, 4) is 11.3 Å². The zero-order valence-electron chi connectivity index (χ0n) is 8.83. The van der Waals surface area contributed by atoms with Crippen LogP contribution in [0.5, 0.6) is 0 Å². The van der Waals surface area contributed by atoms with Crippen LogP contribution in [-0.2, 0) is 6.42 Å². The van der Waals surface area contributed by atoms with Gasteiger partial charge in [0.25, 0.3) is 0 Å². The predicted molar refractivity (Wildman–Crippen MR) is 71.9 cm³/mol. The highest BCUT2D eigenvalue weighted by atomic mass is 79.9. The average Bonchev–Trinajstić information content (AvgIpc) is 2.30.